The fourth-order valence-corrected chi connectivity index (χ4v) is 5.62. The SMILES string of the molecule is Cc1c(C)c(C)c(-c2c(C)c(C)c(C)c(C)[n+]2C)c(C)c1C.Cc1ccccc1-c1ccc(C)c(C)[n+]1C. The van der Waals surface area contributed by atoms with E-state index >= 15 is 0 Å². The summed E-state index contributed by atoms with van der Waals surface area (Å²) in [6.07, 6.45) is 0. The predicted octanol–water partition coefficient (Wildman–Crippen LogP) is 8.06. The number of rotatable bonds is 2. The lowest BCUT2D eigenvalue weighted by Gasteiger charge is -2.20. The van der Waals surface area contributed by atoms with E-state index < -0.39 is 0 Å². The summed E-state index contributed by atoms with van der Waals surface area (Å²) in [6, 6.07) is 12.9. The molecule has 0 aliphatic rings. The van der Waals surface area contributed by atoms with Crippen molar-refractivity contribution in [3.8, 4) is 22.5 Å². The van der Waals surface area contributed by atoms with Crippen LogP contribution in [0, 0.1) is 83.1 Å². The van der Waals surface area contributed by atoms with Crippen LogP contribution in [0.5, 0.6) is 0 Å². The molecule has 0 aliphatic carbocycles. The van der Waals surface area contributed by atoms with Gasteiger partial charge >= 0.3 is 0 Å². The molecule has 38 heavy (non-hydrogen) atoms. The van der Waals surface area contributed by atoms with Gasteiger partial charge < -0.3 is 0 Å². The topological polar surface area (TPSA) is 7.76 Å². The molecule has 0 N–H and O–H groups in total. The second-order valence-electron chi connectivity index (χ2n) is 11.2. The van der Waals surface area contributed by atoms with Crippen LogP contribution in [-0.2, 0) is 14.1 Å². The molecular formula is C36H48N2+2. The normalized spacial score (nSPS) is 10.9. The Bertz CT molecular complexity index is 1410. The smallest absolute Gasteiger partial charge is 0.198 e. The Balaban J connectivity index is 0.000000221. The fourth-order valence-electron chi connectivity index (χ4n) is 5.62. The molecule has 0 spiro atoms. The summed E-state index contributed by atoms with van der Waals surface area (Å²) >= 11 is 0. The van der Waals surface area contributed by atoms with Gasteiger partial charge in [-0.3, -0.25) is 0 Å². The Morgan fingerprint density at radius 1 is 0.421 bits per heavy atom. The number of benzene rings is 2. The van der Waals surface area contributed by atoms with Gasteiger partial charge in [-0.1, -0.05) is 18.2 Å². The molecule has 0 saturated carbocycles. The maximum absolute atomic E-state index is 2.38. The first-order chi connectivity index (χ1) is 17.7. The van der Waals surface area contributed by atoms with Crippen LogP contribution in [0.4, 0.5) is 0 Å². The minimum atomic E-state index is 1.28. The van der Waals surface area contributed by atoms with E-state index in [0.717, 1.165) is 0 Å². The molecule has 0 radical (unpaired) electrons. The summed E-state index contributed by atoms with van der Waals surface area (Å²) in [6.45, 7) is 26.7. The average molecular weight is 509 g/mol. The predicted molar refractivity (Wildman–Crippen MR) is 163 cm³/mol. The molecule has 2 aromatic carbocycles. The monoisotopic (exact) mass is 508 g/mol. The molecule has 0 atom stereocenters. The molecule has 0 fully saturated rings. The maximum atomic E-state index is 2.38. The first-order valence-corrected chi connectivity index (χ1v) is 13.8. The Labute approximate surface area is 232 Å². The van der Waals surface area contributed by atoms with Crippen LogP contribution in [0.3, 0.4) is 0 Å². The van der Waals surface area contributed by atoms with Gasteiger partial charge in [0.2, 0.25) is 11.4 Å². The van der Waals surface area contributed by atoms with E-state index in [-0.39, 0.29) is 0 Å². The zero-order valence-electron chi connectivity index (χ0n) is 26.4. The van der Waals surface area contributed by atoms with Crippen molar-refractivity contribution in [2.45, 2.75) is 83.1 Å². The van der Waals surface area contributed by atoms with E-state index in [1.807, 2.05) is 0 Å². The number of nitrogens with zero attached hydrogens (tertiary/aromatic N) is 2. The number of aromatic nitrogens is 2. The minimum absolute atomic E-state index is 1.28. The summed E-state index contributed by atoms with van der Waals surface area (Å²) in [4.78, 5) is 0. The van der Waals surface area contributed by atoms with Crippen molar-refractivity contribution in [2.24, 2.45) is 14.1 Å². The molecule has 0 unspecified atom stereocenters. The molecular weight excluding hydrogens is 460 g/mol. The van der Waals surface area contributed by atoms with Crippen LogP contribution >= 0.6 is 0 Å². The van der Waals surface area contributed by atoms with Crippen molar-refractivity contribution in [3.63, 3.8) is 0 Å². The average Bonchev–Trinajstić information content (AvgIpc) is 2.90. The number of pyridine rings is 2. The van der Waals surface area contributed by atoms with Crippen LogP contribution in [0.15, 0.2) is 36.4 Å². The largest absolute Gasteiger partial charge is 0.216 e. The summed E-state index contributed by atoms with van der Waals surface area (Å²) in [5.74, 6) is 0. The second-order valence-corrected chi connectivity index (χ2v) is 11.2. The van der Waals surface area contributed by atoms with Crippen molar-refractivity contribution in [2.75, 3.05) is 0 Å². The van der Waals surface area contributed by atoms with Crippen LogP contribution < -0.4 is 9.13 Å². The summed E-state index contributed by atoms with van der Waals surface area (Å²) < 4.78 is 4.64. The van der Waals surface area contributed by atoms with Gasteiger partial charge in [-0.15, -0.1) is 0 Å². The van der Waals surface area contributed by atoms with E-state index in [9.17, 15) is 0 Å². The van der Waals surface area contributed by atoms with Gasteiger partial charge in [0.05, 0.1) is 5.56 Å². The number of hydrogen-bond donors (Lipinski definition) is 0. The molecule has 0 bridgehead atoms. The van der Waals surface area contributed by atoms with Crippen LogP contribution in [0.2, 0.25) is 0 Å². The summed E-state index contributed by atoms with van der Waals surface area (Å²) in [5, 5.41) is 0. The van der Waals surface area contributed by atoms with Crippen molar-refractivity contribution < 1.29 is 9.13 Å². The first-order valence-electron chi connectivity index (χ1n) is 13.8. The third kappa shape index (κ3) is 5.06. The number of hydrogen-bond acceptors (Lipinski definition) is 0. The molecule has 0 amide bonds. The molecule has 2 nitrogen and oxygen atoms in total. The molecule has 200 valence electrons. The van der Waals surface area contributed by atoms with Crippen LogP contribution in [0.25, 0.3) is 22.5 Å². The molecule has 2 heterocycles. The fraction of sp³-hybridized carbons (Fsp3) is 0.389. The Kier molecular flexibility index (Phi) is 8.66. The van der Waals surface area contributed by atoms with E-state index in [2.05, 4.69) is 143 Å². The van der Waals surface area contributed by atoms with Gasteiger partial charge in [-0.2, -0.15) is 9.13 Å². The zero-order chi connectivity index (χ0) is 28.6. The Morgan fingerprint density at radius 2 is 0.921 bits per heavy atom. The van der Waals surface area contributed by atoms with Gasteiger partial charge in [0.1, 0.15) is 14.1 Å². The molecule has 0 aliphatic heterocycles. The summed E-state index contributed by atoms with van der Waals surface area (Å²) in [7, 11) is 4.33. The van der Waals surface area contributed by atoms with Gasteiger partial charge in [-0.25, -0.2) is 0 Å². The standard InChI is InChI=1S/C21H30N.C15H18N/c1-11-12(2)16(6)20(17(7)13(11)3)21-18(8)14(4)15(5)19(9)22(21)10;1-11-9-10-15(16(4)13(11)3)14-8-6-5-7-12(14)2/h1-10H3;5-10H,1-4H3/q2*+1. The highest BCUT2D eigenvalue weighted by Gasteiger charge is 2.26. The summed E-state index contributed by atoms with van der Waals surface area (Å²) in [5.41, 5.74) is 22.1. The molecule has 2 heteroatoms. The lowest BCUT2D eigenvalue weighted by atomic mass is 9.85. The van der Waals surface area contributed by atoms with E-state index in [1.165, 1.54) is 89.5 Å². The lowest BCUT2D eigenvalue weighted by Crippen LogP contribution is -2.37. The van der Waals surface area contributed by atoms with Crippen molar-refractivity contribution in [3.05, 3.63) is 103 Å². The Morgan fingerprint density at radius 3 is 1.47 bits per heavy atom. The van der Waals surface area contributed by atoms with E-state index in [0.29, 0.717) is 0 Å². The van der Waals surface area contributed by atoms with Crippen molar-refractivity contribution in [1.29, 1.82) is 0 Å². The first kappa shape index (κ1) is 29.3. The van der Waals surface area contributed by atoms with Gasteiger partial charge in [-0.05, 0) is 120 Å². The minimum Gasteiger partial charge on any atom is -0.198 e. The van der Waals surface area contributed by atoms with E-state index in [1.54, 1.807) is 0 Å². The molecule has 4 rings (SSSR count). The van der Waals surface area contributed by atoms with Crippen molar-refractivity contribution >= 4 is 0 Å². The molecule has 0 saturated heterocycles. The zero-order valence-corrected chi connectivity index (χ0v) is 26.4. The highest BCUT2D eigenvalue weighted by Crippen LogP contribution is 2.35. The van der Waals surface area contributed by atoms with Gasteiger partial charge in [0.15, 0.2) is 11.4 Å². The molecule has 2 aromatic heterocycles. The maximum Gasteiger partial charge on any atom is 0.216 e. The highest BCUT2D eigenvalue weighted by atomic mass is 15.0. The highest BCUT2D eigenvalue weighted by molar-refractivity contribution is 5.73. The second kappa shape index (κ2) is 11.2. The number of aryl methyl sites for hydroxylation is 2. The third-order valence-corrected chi connectivity index (χ3v) is 9.45. The third-order valence-electron chi connectivity index (χ3n) is 9.45. The lowest BCUT2D eigenvalue weighted by molar-refractivity contribution is -0.667. The van der Waals surface area contributed by atoms with Crippen molar-refractivity contribution in [1.82, 2.24) is 0 Å². The quantitative estimate of drug-likeness (QED) is 0.242. The van der Waals surface area contributed by atoms with Gasteiger partial charge in [0.25, 0.3) is 0 Å². The Hall–Kier alpha value is -3.26. The van der Waals surface area contributed by atoms with E-state index in [4.69, 9.17) is 0 Å². The van der Waals surface area contributed by atoms with Crippen LogP contribution in [0.1, 0.15) is 67.0 Å². The molecule has 4 aromatic rings. The van der Waals surface area contributed by atoms with Gasteiger partial charge in [0, 0.05) is 42.2 Å². The van der Waals surface area contributed by atoms with Crippen LogP contribution in [-0.4, -0.2) is 0 Å².